The molecule has 13 heavy (non-hydrogen) atoms. The summed E-state index contributed by atoms with van der Waals surface area (Å²) in [6, 6.07) is 7.73. The summed E-state index contributed by atoms with van der Waals surface area (Å²) in [6.07, 6.45) is 1.72. The average molecular weight is 218 g/mol. The van der Waals surface area contributed by atoms with E-state index in [2.05, 4.69) is 9.97 Å². The van der Waals surface area contributed by atoms with Crippen molar-refractivity contribution in [2.24, 2.45) is 0 Å². The van der Waals surface area contributed by atoms with Crippen LogP contribution < -0.4 is 5.73 Å². The van der Waals surface area contributed by atoms with Crippen LogP contribution in [-0.4, -0.2) is 9.97 Å². The minimum atomic E-state index is 0. The molecule has 2 rings (SSSR count). The van der Waals surface area contributed by atoms with Crippen molar-refractivity contribution in [2.75, 3.05) is 5.73 Å². The van der Waals surface area contributed by atoms with Crippen molar-refractivity contribution in [3.8, 4) is 0 Å². The number of nitrogens with zero attached hydrogens (tertiary/aromatic N) is 2. The lowest BCUT2D eigenvalue weighted by Crippen LogP contribution is -1.93. The quantitative estimate of drug-likeness (QED) is 0.736. The molecule has 70 valence electrons. The molecule has 0 bridgehead atoms. The first-order valence-electron chi connectivity index (χ1n) is 3.33. The highest BCUT2D eigenvalue weighted by atomic mass is 35.5. The number of hydrogen-bond donors (Lipinski definition) is 1. The number of hydrogen-bond acceptors (Lipinski definition) is 3. The Hall–Kier alpha value is -1.06. The molecule has 0 radical (unpaired) electrons. The average Bonchev–Trinajstić information content (AvgIpc) is 2.04. The summed E-state index contributed by atoms with van der Waals surface area (Å²) in [5.74, 6) is 0.323. The van der Waals surface area contributed by atoms with Gasteiger partial charge in [-0.1, -0.05) is 18.2 Å². The zero-order chi connectivity index (χ0) is 7.68. The number of fused-ring (bicyclic) bond motifs is 1. The molecular formula is C8H9Cl2N3. The van der Waals surface area contributed by atoms with E-state index in [1.54, 1.807) is 6.20 Å². The normalized spacial score (nSPS) is 8.62. The first-order chi connectivity index (χ1) is 5.36. The minimum absolute atomic E-state index is 0. The molecule has 0 spiro atoms. The molecule has 5 heteroatoms. The van der Waals surface area contributed by atoms with E-state index in [4.69, 9.17) is 5.73 Å². The predicted molar refractivity (Wildman–Crippen MR) is 58.4 cm³/mol. The van der Waals surface area contributed by atoms with Gasteiger partial charge < -0.3 is 5.73 Å². The Morgan fingerprint density at radius 1 is 1.08 bits per heavy atom. The Balaban J connectivity index is 0.000000720. The molecule has 1 aromatic heterocycles. The number of aromatic nitrogens is 2. The van der Waals surface area contributed by atoms with Crippen LogP contribution in [0.25, 0.3) is 10.9 Å². The van der Waals surface area contributed by atoms with Gasteiger partial charge in [-0.15, -0.1) is 24.8 Å². The second-order valence-electron chi connectivity index (χ2n) is 2.29. The van der Waals surface area contributed by atoms with Crippen molar-refractivity contribution in [1.82, 2.24) is 9.97 Å². The standard InChI is InChI=1S/C8H7N3.2ClH/c9-8-10-5-6-3-1-2-4-7(6)11-8;;/h1-5H,(H2,9,10,11);2*1H. The van der Waals surface area contributed by atoms with Crippen molar-refractivity contribution in [3.05, 3.63) is 30.5 Å². The van der Waals surface area contributed by atoms with Crippen molar-refractivity contribution < 1.29 is 0 Å². The van der Waals surface area contributed by atoms with Crippen LogP contribution in [0.5, 0.6) is 0 Å². The first kappa shape index (κ1) is 11.9. The van der Waals surface area contributed by atoms with Crippen molar-refractivity contribution in [3.63, 3.8) is 0 Å². The fraction of sp³-hybridized carbons (Fsp3) is 0. The molecule has 1 aromatic carbocycles. The Morgan fingerprint density at radius 3 is 2.54 bits per heavy atom. The van der Waals surface area contributed by atoms with E-state index in [0.717, 1.165) is 10.9 Å². The summed E-state index contributed by atoms with van der Waals surface area (Å²) < 4.78 is 0. The summed E-state index contributed by atoms with van der Waals surface area (Å²) in [5, 5.41) is 1.02. The third-order valence-corrected chi connectivity index (χ3v) is 1.51. The van der Waals surface area contributed by atoms with Crippen LogP contribution in [0.2, 0.25) is 0 Å². The van der Waals surface area contributed by atoms with E-state index in [0.29, 0.717) is 5.95 Å². The Morgan fingerprint density at radius 2 is 1.77 bits per heavy atom. The summed E-state index contributed by atoms with van der Waals surface area (Å²) in [5.41, 5.74) is 6.29. The van der Waals surface area contributed by atoms with E-state index < -0.39 is 0 Å². The molecule has 0 aliphatic heterocycles. The summed E-state index contributed by atoms with van der Waals surface area (Å²) in [6.45, 7) is 0. The second kappa shape index (κ2) is 4.84. The molecule has 0 fully saturated rings. The zero-order valence-corrected chi connectivity index (χ0v) is 8.31. The summed E-state index contributed by atoms with van der Waals surface area (Å²) in [7, 11) is 0. The fourth-order valence-electron chi connectivity index (χ4n) is 0.986. The largest absolute Gasteiger partial charge is 0.368 e. The second-order valence-corrected chi connectivity index (χ2v) is 2.29. The molecule has 0 amide bonds. The van der Waals surface area contributed by atoms with E-state index in [1.165, 1.54) is 0 Å². The summed E-state index contributed by atoms with van der Waals surface area (Å²) >= 11 is 0. The zero-order valence-electron chi connectivity index (χ0n) is 6.68. The molecule has 0 aliphatic carbocycles. The lowest BCUT2D eigenvalue weighted by atomic mass is 10.2. The maximum absolute atomic E-state index is 5.40. The van der Waals surface area contributed by atoms with E-state index in [9.17, 15) is 0 Å². The van der Waals surface area contributed by atoms with Gasteiger partial charge in [0.25, 0.3) is 0 Å². The van der Waals surface area contributed by atoms with Crippen LogP contribution in [0, 0.1) is 0 Å². The number of benzene rings is 1. The predicted octanol–water partition coefficient (Wildman–Crippen LogP) is 2.06. The summed E-state index contributed by atoms with van der Waals surface area (Å²) in [4.78, 5) is 7.92. The van der Waals surface area contributed by atoms with Gasteiger partial charge in [0.15, 0.2) is 0 Å². The van der Waals surface area contributed by atoms with Gasteiger partial charge in [-0.25, -0.2) is 9.97 Å². The Kier molecular flexibility index (Phi) is 4.45. The van der Waals surface area contributed by atoms with Crippen LogP contribution >= 0.6 is 24.8 Å². The minimum Gasteiger partial charge on any atom is -0.368 e. The van der Waals surface area contributed by atoms with Crippen LogP contribution in [0.3, 0.4) is 0 Å². The third kappa shape index (κ3) is 2.44. The number of halogens is 2. The van der Waals surface area contributed by atoms with Gasteiger partial charge in [-0.2, -0.15) is 0 Å². The van der Waals surface area contributed by atoms with Gasteiger partial charge in [0, 0.05) is 11.6 Å². The van der Waals surface area contributed by atoms with Crippen LogP contribution in [0.4, 0.5) is 5.95 Å². The Bertz CT molecular complexity index is 392. The highest BCUT2D eigenvalue weighted by Gasteiger charge is 1.92. The van der Waals surface area contributed by atoms with Gasteiger partial charge in [-0.05, 0) is 6.07 Å². The van der Waals surface area contributed by atoms with Gasteiger partial charge in [0.1, 0.15) is 0 Å². The highest BCUT2D eigenvalue weighted by molar-refractivity contribution is 5.85. The van der Waals surface area contributed by atoms with Crippen molar-refractivity contribution >= 4 is 41.7 Å². The monoisotopic (exact) mass is 217 g/mol. The maximum atomic E-state index is 5.40. The van der Waals surface area contributed by atoms with Crippen LogP contribution in [-0.2, 0) is 0 Å². The first-order valence-corrected chi connectivity index (χ1v) is 3.33. The molecule has 2 aromatic rings. The van der Waals surface area contributed by atoms with Gasteiger partial charge in [-0.3, -0.25) is 0 Å². The van der Waals surface area contributed by atoms with Crippen LogP contribution in [0.15, 0.2) is 30.5 Å². The highest BCUT2D eigenvalue weighted by Crippen LogP contribution is 2.09. The van der Waals surface area contributed by atoms with E-state index >= 15 is 0 Å². The maximum Gasteiger partial charge on any atom is 0.220 e. The van der Waals surface area contributed by atoms with Crippen LogP contribution in [0.1, 0.15) is 0 Å². The topological polar surface area (TPSA) is 51.8 Å². The molecule has 0 unspecified atom stereocenters. The van der Waals surface area contributed by atoms with Gasteiger partial charge >= 0.3 is 0 Å². The van der Waals surface area contributed by atoms with Gasteiger partial charge in [0.2, 0.25) is 5.95 Å². The molecule has 0 atom stereocenters. The number of para-hydroxylation sites is 1. The van der Waals surface area contributed by atoms with E-state index in [-0.39, 0.29) is 24.8 Å². The van der Waals surface area contributed by atoms with E-state index in [1.807, 2.05) is 24.3 Å². The van der Waals surface area contributed by atoms with Crippen molar-refractivity contribution in [2.45, 2.75) is 0 Å². The fourth-order valence-corrected chi connectivity index (χ4v) is 0.986. The molecule has 2 N–H and O–H groups in total. The molecule has 0 saturated heterocycles. The number of rotatable bonds is 0. The molecule has 1 heterocycles. The molecule has 0 saturated carbocycles. The lowest BCUT2D eigenvalue weighted by molar-refractivity contribution is 1.24. The van der Waals surface area contributed by atoms with Crippen molar-refractivity contribution in [1.29, 1.82) is 0 Å². The number of nitrogen functional groups attached to an aromatic ring is 1. The number of anilines is 1. The lowest BCUT2D eigenvalue weighted by Gasteiger charge is -1.94. The Labute approximate surface area is 88.2 Å². The molecular weight excluding hydrogens is 209 g/mol. The number of nitrogens with two attached hydrogens (primary N) is 1. The smallest absolute Gasteiger partial charge is 0.220 e. The molecule has 3 nitrogen and oxygen atoms in total. The van der Waals surface area contributed by atoms with Gasteiger partial charge in [0.05, 0.1) is 5.52 Å². The third-order valence-electron chi connectivity index (χ3n) is 1.51. The molecule has 0 aliphatic rings. The SMILES string of the molecule is Cl.Cl.Nc1ncc2ccccc2n1.